The highest BCUT2D eigenvalue weighted by Crippen LogP contribution is 2.42. The van der Waals surface area contributed by atoms with Gasteiger partial charge in [-0.15, -0.1) is 0 Å². The zero-order valence-electron chi connectivity index (χ0n) is 36.3. The summed E-state index contributed by atoms with van der Waals surface area (Å²) in [5.41, 5.74) is 13.8. The van der Waals surface area contributed by atoms with Crippen LogP contribution in [0, 0.1) is 0 Å². The lowest BCUT2D eigenvalue weighted by atomic mass is 9.90. The minimum absolute atomic E-state index is 0.621. The number of fused-ring (bicyclic) bond motifs is 6. The third-order valence-corrected chi connectivity index (χ3v) is 13.2. The summed E-state index contributed by atoms with van der Waals surface area (Å²) < 4.78 is 6.28. The van der Waals surface area contributed by atoms with Gasteiger partial charge in [-0.25, -0.2) is 15.0 Å². The van der Waals surface area contributed by atoms with Gasteiger partial charge in [0, 0.05) is 27.5 Å². The van der Waals surface area contributed by atoms with Gasteiger partial charge in [0.1, 0.15) is 11.2 Å². The molecular formula is C63H39N3O. The molecule has 0 spiro atoms. The van der Waals surface area contributed by atoms with Crippen molar-refractivity contribution in [2.75, 3.05) is 0 Å². The molecular weight excluding hydrogens is 815 g/mol. The van der Waals surface area contributed by atoms with E-state index in [-0.39, 0.29) is 0 Å². The summed E-state index contributed by atoms with van der Waals surface area (Å²) in [4.78, 5) is 15.5. The van der Waals surface area contributed by atoms with Gasteiger partial charge in [-0.1, -0.05) is 218 Å². The summed E-state index contributed by atoms with van der Waals surface area (Å²) >= 11 is 0. The van der Waals surface area contributed by atoms with Crippen molar-refractivity contribution in [1.82, 2.24) is 15.0 Å². The average molecular weight is 854 g/mol. The van der Waals surface area contributed by atoms with Gasteiger partial charge in [0.2, 0.25) is 0 Å². The molecule has 2 heterocycles. The van der Waals surface area contributed by atoms with Gasteiger partial charge in [0.15, 0.2) is 17.5 Å². The highest BCUT2D eigenvalue weighted by molar-refractivity contribution is 6.16. The van der Waals surface area contributed by atoms with E-state index in [1.165, 1.54) is 43.8 Å². The monoisotopic (exact) mass is 853 g/mol. The molecule has 0 aliphatic rings. The Bertz CT molecular complexity index is 4030. The van der Waals surface area contributed by atoms with Crippen molar-refractivity contribution in [2.24, 2.45) is 0 Å². The van der Waals surface area contributed by atoms with Crippen LogP contribution in [0.5, 0.6) is 0 Å². The molecule has 0 amide bonds. The van der Waals surface area contributed by atoms with Crippen LogP contribution in [-0.2, 0) is 0 Å². The van der Waals surface area contributed by atoms with Crippen LogP contribution in [0.3, 0.4) is 0 Å². The Labute approximate surface area is 387 Å². The van der Waals surface area contributed by atoms with Crippen molar-refractivity contribution >= 4 is 54.3 Å². The lowest BCUT2D eigenvalue weighted by Crippen LogP contribution is -2.00. The van der Waals surface area contributed by atoms with Gasteiger partial charge in [0.05, 0.1) is 0 Å². The highest BCUT2D eigenvalue weighted by atomic mass is 16.3. The quantitative estimate of drug-likeness (QED) is 0.160. The van der Waals surface area contributed by atoms with E-state index in [1.807, 2.05) is 12.1 Å². The van der Waals surface area contributed by atoms with Gasteiger partial charge < -0.3 is 4.42 Å². The molecule has 4 nitrogen and oxygen atoms in total. The zero-order chi connectivity index (χ0) is 44.3. The number of hydrogen-bond donors (Lipinski definition) is 0. The fraction of sp³-hybridized carbons (Fsp3) is 0. The number of aromatic nitrogens is 3. The van der Waals surface area contributed by atoms with Crippen molar-refractivity contribution < 1.29 is 4.42 Å². The molecule has 67 heavy (non-hydrogen) atoms. The van der Waals surface area contributed by atoms with E-state index in [9.17, 15) is 0 Å². The standard InChI is InChI=1S/C63H39N3O/c1-3-19-48-41(13-1)15-10-24-49(48)43-33-35-45(36-34-43)61-64-62(66-63(65-61)56-26-11-16-42-14-2-4-20-50(42)56)47-18-9-17-46(39-47)40-29-31-44(32-30-40)51-37-38-54(53-22-6-5-21-52(51)53)55-25-12-28-59-60(55)57-23-7-8-27-58(57)67-59/h1-39H. The topological polar surface area (TPSA) is 51.8 Å². The summed E-state index contributed by atoms with van der Waals surface area (Å²) in [7, 11) is 0. The fourth-order valence-corrected chi connectivity index (χ4v) is 9.92. The SMILES string of the molecule is c1cc(-c2ccc(-c3ccc(-c4cccc5oc6ccccc6c45)c4ccccc34)cc2)cc(-c2nc(-c3ccc(-c4cccc5ccccc45)cc3)nc(-c3cccc4ccccc34)n2)c1. The zero-order valence-corrected chi connectivity index (χ0v) is 36.3. The maximum atomic E-state index is 6.28. The molecule has 0 N–H and O–H groups in total. The normalized spacial score (nSPS) is 11.6. The molecule has 0 atom stereocenters. The fourth-order valence-electron chi connectivity index (χ4n) is 9.92. The largest absolute Gasteiger partial charge is 0.456 e. The second-order valence-corrected chi connectivity index (χ2v) is 17.1. The van der Waals surface area contributed by atoms with E-state index in [0.717, 1.165) is 71.7 Å². The number of para-hydroxylation sites is 1. The van der Waals surface area contributed by atoms with Crippen LogP contribution in [0.15, 0.2) is 241 Å². The highest BCUT2D eigenvalue weighted by Gasteiger charge is 2.18. The first-order valence-electron chi connectivity index (χ1n) is 22.7. The minimum Gasteiger partial charge on any atom is -0.456 e. The molecule has 2 aromatic heterocycles. The molecule has 0 aliphatic carbocycles. The maximum absolute atomic E-state index is 6.28. The van der Waals surface area contributed by atoms with E-state index in [1.54, 1.807) is 0 Å². The Balaban J connectivity index is 0.869. The Kier molecular flexibility index (Phi) is 9.14. The average Bonchev–Trinajstić information content (AvgIpc) is 3.79. The first kappa shape index (κ1) is 38.5. The number of nitrogens with zero attached hydrogens (tertiary/aromatic N) is 3. The Morgan fingerprint density at radius 3 is 1.42 bits per heavy atom. The molecule has 13 rings (SSSR count). The first-order chi connectivity index (χ1) is 33.2. The molecule has 0 unspecified atom stereocenters. The van der Waals surface area contributed by atoms with E-state index in [2.05, 4.69) is 224 Å². The summed E-state index contributed by atoms with van der Waals surface area (Å²) in [6.07, 6.45) is 0. The second-order valence-electron chi connectivity index (χ2n) is 17.1. The Morgan fingerprint density at radius 2 is 0.687 bits per heavy atom. The predicted molar refractivity (Wildman–Crippen MR) is 278 cm³/mol. The Hall–Kier alpha value is -8.99. The molecule has 0 bridgehead atoms. The minimum atomic E-state index is 0.621. The van der Waals surface area contributed by atoms with E-state index in [0.29, 0.717) is 17.5 Å². The van der Waals surface area contributed by atoms with E-state index < -0.39 is 0 Å². The summed E-state index contributed by atoms with van der Waals surface area (Å²) in [6.45, 7) is 0. The van der Waals surface area contributed by atoms with Crippen molar-refractivity contribution in [3.8, 4) is 78.7 Å². The third kappa shape index (κ3) is 6.74. The molecule has 0 saturated carbocycles. The maximum Gasteiger partial charge on any atom is 0.164 e. The number of rotatable bonds is 7. The molecule has 4 heteroatoms. The number of benzene rings is 11. The van der Waals surface area contributed by atoms with Crippen molar-refractivity contribution in [2.45, 2.75) is 0 Å². The van der Waals surface area contributed by atoms with Crippen LogP contribution < -0.4 is 0 Å². The summed E-state index contributed by atoms with van der Waals surface area (Å²) in [5.74, 6) is 1.88. The molecule has 0 aliphatic heterocycles. The van der Waals surface area contributed by atoms with Gasteiger partial charge in [-0.05, 0) is 95.0 Å². The van der Waals surface area contributed by atoms with Gasteiger partial charge in [-0.3, -0.25) is 0 Å². The molecule has 0 saturated heterocycles. The van der Waals surface area contributed by atoms with E-state index >= 15 is 0 Å². The third-order valence-electron chi connectivity index (χ3n) is 13.2. The van der Waals surface area contributed by atoms with Gasteiger partial charge >= 0.3 is 0 Å². The van der Waals surface area contributed by atoms with Crippen LogP contribution in [0.4, 0.5) is 0 Å². The van der Waals surface area contributed by atoms with Crippen molar-refractivity contribution in [3.63, 3.8) is 0 Å². The van der Waals surface area contributed by atoms with Gasteiger partial charge in [0.25, 0.3) is 0 Å². The first-order valence-corrected chi connectivity index (χ1v) is 22.7. The lowest BCUT2D eigenvalue weighted by molar-refractivity contribution is 0.669. The second kappa shape index (κ2) is 15.9. The summed E-state index contributed by atoms with van der Waals surface area (Å²) in [5, 5.41) is 9.36. The van der Waals surface area contributed by atoms with Gasteiger partial charge in [-0.2, -0.15) is 0 Å². The van der Waals surface area contributed by atoms with Crippen LogP contribution >= 0.6 is 0 Å². The van der Waals surface area contributed by atoms with Crippen LogP contribution in [0.25, 0.3) is 133 Å². The number of furan rings is 1. The molecule has 11 aromatic carbocycles. The van der Waals surface area contributed by atoms with Crippen molar-refractivity contribution in [3.05, 3.63) is 237 Å². The molecule has 0 fully saturated rings. The van der Waals surface area contributed by atoms with Crippen LogP contribution in [0.1, 0.15) is 0 Å². The van der Waals surface area contributed by atoms with Crippen LogP contribution in [-0.4, -0.2) is 15.0 Å². The molecule has 0 radical (unpaired) electrons. The van der Waals surface area contributed by atoms with Crippen molar-refractivity contribution in [1.29, 1.82) is 0 Å². The smallest absolute Gasteiger partial charge is 0.164 e. The number of hydrogen-bond acceptors (Lipinski definition) is 4. The lowest BCUT2D eigenvalue weighted by Gasteiger charge is -2.14. The molecule has 312 valence electrons. The van der Waals surface area contributed by atoms with E-state index in [4.69, 9.17) is 19.4 Å². The van der Waals surface area contributed by atoms with Crippen LogP contribution in [0.2, 0.25) is 0 Å². The Morgan fingerprint density at radius 1 is 0.239 bits per heavy atom. The summed E-state index contributed by atoms with van der Waals surface area (Å²) in [6, 6.07) is 83.6. The predicted octanol–water partition coefficient (Wildman–Crippen LogP) is 16.9. The molecule has 13 aromatic rings.